The molecule has 1 heterocycles. The molecule has 2 aliphatic rings. The third-order valence-electron chi connectivity index (χ3n) is 4.39. The number of carboxylic acid groups (broad SMARTS) is 1. The van der Waals surface area contributed by atoms with Gasteiger partial charge in [0.15, 0.2) is 0 Å². The number of hydrogen-bond acceptors (Lipinski definition) is 4. The highest BCUT2D eigenvalue weighted by Gasteiger charge is 2.28. The second-order valence-electron chi connectivity index (χ2n) is 5.83. The lowest BCUT2D eigenvalue weighted by Crippen LogP contribution is -2.45. The average molecular weight is 270 g/mol. The summed E-state index contributed by atoms with van der Waals surface area (Å²) < 4.78 is 0. The number of aliphatic carboxylic acids is 1. The summed E-state index contributed by atoms with van der Waals surface area (Å²) in [6.07, 6.45) is 6.37. The smallest absolute Gasteiger partial charge is 0.317 e. The summed E-state index contributed by atoms with van der Waals surface area (Å²) in [5.74, 6) is -0.747. The molecule has 2 fully saturated rings. The molecule has 0 amide bonds. The van der Waals surface area contributed by atoms with Crippen molar-refractivity contribution in [3.05, 3.63) is 0 Å². The highest BCUT2D eigenvalue weighted by Crippen LogP contribution is 2.23. The van der Waals surface area contributed by atoms with Gasteiger partial charge < -0.3 is 10.2 Å². The van der Waals surface area contributed by atoms with Gasteiger partial charge in [-0.3, -0.25) is 14.6 Å². The van der Waals surface area contributed by atoms with Crippen LogP contribution in [-0.2, 0) is 4.79 Å². The fourth-order valence-corrected chi connectivity index (χ4v) is 3.37. The van der Waals surface area contributed by atoms with E-state index in [4.69, 9.17) is 5.11 Å². The third kappa shape index (κ3) is 4.44. The first-order valence-corrected chi connectivity index (χ1v) is 7.53. The zero-order chi connectivity index (χ0) is 13.7. The maximum atomic E-state index is 10.8. The lowest BCUT2D eigenvalue weighted by atomic mass is 10.0. The number of nitrogens with zero attached hydrogens (tertiary/aromatic N) is 2. The van der Waals surface area contributed by atoms with Crippen LogP contribution in [0.25, 0.3) is 0 Å². The summed E-state index contributed by atoms with van der Waals surface area (Å²) in [4.78, 5) is 15.2. The summed E-state index contributed by atoms with van der Waals surface area (Å²) in [6, 6.07) is 0.285. The molecule has 0 radical (unpaired) electrons. The minimum atomic E-state index is -0.747. The van der Waals surface area contributed by atoms with Crippen molar-refractivity contribution in [2.45, 2.75) is 50.7 Å². The van der Waals surface area contributed by atoms with Crippen LogP contribution in [0, 0.1) is 0 Å². The van der Waals surface area contributed by atoms with Crippen LogP contribution in [0.1, 0.15) is 38.5 Å². The first-order valence-electron chi connectivity index (χ1n) is 7.53. The topological polar surface area (TPSA) is 64.0 Å². The number of carboxylic acids is 1. The first kappa shape index (κ1) is 14.8. The number of rotatable bonds is 3. The first-order chi connectivity index (χ1) is 9.16. The Hall–Kier alpha value is -0.650. The number of aliphatic hydroxyl groups excluding tert-OH is 1. The minimum Gasteiger partial charge on any atom is -0.480 e. The fraction of sp³-hybridized carbons (Fsp3) is 0.929. The minimum absolute atomic E-state index is 0.140. The number of aliphatic hydroxyl groups is 1. The Kier molecular flexibility index (Phi) is 5.60. The Bertz CT molecular complexity index is 298. The predicted molar refractivity (Wildman–Crippen MR) is 73.1 cm³/mol. The van der Waals surface area contributed by atoms with E-state index >= 15 is 0 Å². The van der Waals surface area contributed by atoms with Crippen molar-refractivity contribution < 1.29 is 15.0 Å². The van der Waals surface area contributed by atoms with Gasteiger partial charge in [0.2, 0.25) is 0 Å². The van der Waals surface area contributed by atoms with E-state index in [1.807, 2.05) is 4.90 Å². The number of hydrogen-bond donors (Lipinski definition) is 2. The molecule has 5 heteroatoms. The van der Waals surface area contributed by atoms with Gasteiger partial charge in [0.1, 0.15) is 0 Å². The van der Waals surface area contributed by atoms with Crippen molar-refractivity contribution in [2.24, 2.45) is 0 Å². The van der Waals surface area contributed by atoms with Crippen LogP contribution in [0.2, 0.25) is 0 Å². The lowest BCUT2D eigenvalue weighted by Gasteiger charge is -2.33. The van der Waals surface area contributed by atoms with Gasteiger partial charge in [-0.05, 0) is 25.8 Å². The molecular weight excluding hydrogens is 244 g/mol. The summed E-state index contributed by atoms with van der Waals surface area (Å²) in [6.45, 7) is 3.66. The Labute approximate surface area is 115 Å². The maximum absolute atomic E-state index is 10.8. The molecule has 110 valence electrons. The van der Waals surface area contributed by atoms with Gasteiger partial charge in [-0.25, -0.2) is 0 Å². The molecule has 1 saturated heterocycles. The molecule has 0 spiro atoms. The normalized spacial score (nSPS) is 31.6. The van der Waals surface area contributed by atoms with Crippen LogP contribution in [0.5, 0.6) is 0 Å². The zero-order valence-electron chi connectivity index (χ0n) is 11.6. The molecule has 5 nitrogen and oxygen atoms in total. The molecule has 2 unspecified atom stereocenters. The molecule has 2 atom stereocenters. The van der Waals surface area contributed by atoms with Crippen molar-refractivity contribution in [1.82, 2.24) is 9.80 Å². The van der Waals surface area contributed by atoms with E-state index in [0.717, 1.165) is 51.9 Å². The summed E-state index contributed by atoms with van der Waals surface area (Å²) in [5, 5.41) is 19.1. The SMILES string of the molecule is O=C(O)CN1CCCN(C2CCCCCC2O)CC1. The van der Waals surface area contributed by atoms with Crippen LogP contribution < -0.4 is 0 Å². The second-order valence-corrected chi connectivity index (χ2v) is 5.83. The summed E-state index contributed by atoms with van der Waals surface area (Å²) >= 11 is 0. The summed E-state index contributed by atoms with van der Waals surface area (Å²) in [7, 11) is 0. The average Bonchev–Trinajstić information content (AvgIpc) is 2.69. The van der Waals surface area contributed by atoms with Crippen molar-refractivity contribution in [2.75, 3.05) is 32.7 Å². The predicted octanol–water partition coefficient (Wildman–Crippen LogP) is 0.772. The molecular formula is C14H26N2O3. The van der Waals surface area contributed by atoms with Crippen LogP contribution in [0.15, 0.2) is 0 Å². The van der Waals surface area contributed by atoms with Crippen LogP contribution in [0.3, 0.4) is 0 Å². The van der Waals surface area contributed by atoms with E-state index in [9.17, 15) is 9.90 Å². The van der Waals surface area contributed by atoms with E-state index in [1.54, 1.807) is 0 Å². The van der Waals surface area contributed by atoms with Gasteiger partial charge in [0.05, 0.1) is 12.6 Å². The van der Waals surface area contributed by atoms with Gasteiger partial charge in [0.25, 0.3) is 0 Å². The van der Waals surface area contributed by atoms with E-state index in [-0.39, 0.29) is 18.7 Å². The molecule has 19 heavy (non-hydrogen) atoms. The van der Waals surface area contributed by atoms with E-state index in [0.29, 0.717) is 0 Å². The molecule has 2 N–H and O–H groups in total. The van der Waals surface area contributed by atoms with Gasteiger partial charge in [-0.2, -0.15) is 0 Å². The molecule has 2 rings (SSSR count). The van der Waals surface area contributed by atoms with Gasteiger partial charge in [-0.1, -0.05) is 19.3 Å². The third-order valence-corrected chi connectivity index (χ3v) is 4.39. The highest BCUT2D eigenvalue weighted by atomic mass is 16.4. The molecule has 1 saturated carbocycles. The second kappa shape index (κ2) is 7.22. The Balaban J connectivity index is 1.88. The van der Waals surface area contributed by atoms with Gasteiger partial charge in [0, 0.05) is 25.7 Å². The van der Waals surface area contributed by atoms with Crippen molar-refractivity contribution in [1.29, 1.82) is 0 Å². The van der Waals surface area contributed by atoms with Crippen molar-refractivity contribution in [3.8, 4) is 0 Å². The van der Waals surface area contributed by atoms with E-state index in [2.05, 4.69) is 4.90 Å². The maximum Gasteiger partial charge on any atom is 0.317 e. The van der Waals surface area contributed by atoms with E-state index < -0.39 is 5.97 Å². The molecule has 0 bridgehead atoms. The standard InChI is InChI=1S/C14H26N2O3/c17-13-6-3-1-2-5-12(13)16-8-4-7-15(9-10-16)11-14(18)19/h12-13,17H,1-11H2,(H,18,19). The monoisotopic (exact) mass is 270 g/mol. The largest absolute Gasteiger partial charge is 0.480 e. The molecule has 0 aromatic rings. The Morgan fingerprint density at radius 1 is 1.00 bits per heavy atom. The Morgan fingerprint density at radius 3 is 2.58 bits per heavy atom. The van der Waals surface area contributed by atoms with Crippen molar-refractivity contribution in [3.63, 3.8) is 0 Å². The molecule has 0 aromatic heterocycles. The van der Waals surface area contributed by atoms with Crippen molar-refractivity contribution >= 4 is 5.97 Å². The number of carbonyl (C=O) groups is 1. The zero-order valence-corrected chi connectivity index (χ0v) is 11.6. The van der Waals surface area contributed by atoms with E-state index in [1.165, 1.54) is 12.8 Å². The van der Waals surface area contributed by atoms with Crippen LogP contribution in [0.4, 0.5) is 0 Å². The van der Waals surface area contributed by atoms with Gasteiger partial charge >= 0.3 is 5.97 Å². The summed E-state index contributed by atoms with van der Waals surface area (Å²) in [5.41, 5.74) is 0. The molecule has 1 aliphatic carbocycles. The lowest BCUT2D eigenvalue weighted by molar-refractivity contribution is -0.138. The highest BCUT2D eigenvalue weighted by molar-refractivity contribution is 5.69. The quantitative estimate of drug-likeness (QED) is 0.742. The van der Waals surface area contributed by atoms with Crippen LogP contribution >= 0.6 is 0 Å². The Morgan fingerprint density at radius 2 is 1.79 bits per heavy atom. The molecule has 0 aromatic carbocycles. The van der Waals surface area contributed by atoms with Gasteiger partial charge in [-0.15, -0.1) is 0 Å². The van der Waals surface area contributed by atoms with Crippen LogP contribution in [-0.4, -0.2) is 70.9 Å². The fourth-order valence-electron chi connectivity index (χ4n) is 3.37. The molecule has 1 aliphatic heterocycles.